The number of fused-ring (bicyclic) bond motifs is 10. The first kappa shape index (κ1) is 32.0. The van der Waals surface area contributed by atoms with Crippen LogP contribution in [0.2, 0.25) is 0 Å². The minimum atomic E-state index is -5.74. The fraction of sp³-hybridized carbons (Fsp3) is 0.0769. The Hall–Kier alpha value is -9.45. The van der Waals surface area contributed by atoms with Crippen LogP contribution in [0.5, 0.6) is 11.5 Å². The molecule has 85 heavy (non-hydrogen) atoms. The average molecular weight is 1320 g/mol. The van der Waals surface area contributed by atoms with Crippen molar-refractivity contribution in [3.05, 3.63) is 296 Å². The molecule has 0 aliphatic carbocycles. The van der Waals surface area contributed by atoms with E-state index in [0.717, 1.165) is 11.6 Å². The van der Waals surface area contributed by atoms with Crippen LogP contribution in [0, 0.1) is 25.8 Å². The number of aromatic nitrogens is 4. The summed E-state index contributed by atoms with van der Waals surface area (Å²) in [6, 6.07) is 28.1. The number of rotatable bonds is 9. The van der Waals surface area contributed by atoms with E-state index in [1.807, 2.05) is 67.8 Å². The van der Waals surface area contributed by atoms with Gasteiger partial charge in [0.25, 0.3) is 6.33 Å². The molecule has 3 aromatic heterocycles. The Labute approximate surface area is 548 Å². The van der Waals surface area contributed by atoms with Crippen LogP contribution in [0.25, 0.3) is 94.5 Å². The Morgan fingerprint density at radius 2 is 1.14 bits per heavy atom. The van der Waals surface area contributed by atoms with Gasteiger partial charge in [-0.05, 0) is 114 Å². The third kappa shape index (κ3) is 8.93. The van der Waals surface area contributed by atoms with E-state index in [1.165, 1.54) is 12.1 Å². The zero-order chi connectivity index (χ0) is 79.1. The Morgan fingerprint density at radius 1 is 0.518 bits per heavy atom. The van der Waals surface area contributed by atoms with E-state index < -0.39 is 175 Å². The zero-order valence-corrected chi connectivity index (χ0v) is 48.6. The topological polar surface area (TPSA) is 35.9 Å². The Kier molecular flexibility index (Phi) is 8.02. The summed E-state index contributed by atoms with van der Waals surface area (Å²) < 4.78 is 249. The van der Waals surface area contributed by atoms with Gasteiger partial charge in [-0.2, -0.15) is 16.7 Å². The maximum Gasteiger partial charge on any atom is 0.253 e. The number of benzene rings is 11. The number of imidazole rings is 1. The van der Waals surface area contributed by atoms with Crippen molar-refractivity contribution in [2.45, 2.75) is 39.9 Å². The third-order valence-electron chi connectivity index (χ3n) is 15.5. The van der Waals surface area contributed by atoms with Crippen molar-refractivity contribution in [1.29, 1.82) is 0 Å². The standard InChI is InChI=1S/C78H59N4OSi.Pt/c1-52-44-75(79-50-53(52)2)82-72-39-21-20-36-66(72)67-42-40-58(48-73(67)82)83-57-27-22-26-56(47-57)80-51-81-76-68(37-23-38-71(76)78(3,4)5)69-49-62(84(59-28-12-7-13-29-59,60-30-14-8-15-31-60)61-32-16-9-17-33-61)41-43-65(69)63-34-18-19-35-64(63)70-45-55(46-74(80)77(70)81)54-24-10-6-11-25-54;/h6-46,49-51H,1-5H3;/q-1;/i1D3,2D3,6D,7D,8D,9D,10D,11D,12D,13D,14D,15D,16D,17D,24D,25D,28D,29D,30D,31D,32D,33D;. The minimum Gasteiger partial charge on any atom is -0.509 e. The number of para-hydroxylation sites is 2. The molecule has 0 saturated carbocycles. The van der Waals surface area contributed by atoms with E-state index in [0.29, 0.717) is 72.2 Å². The summed E-state index contributed by atoms with van der Waals surface area (Å²) in [6.45, 7) is 0.299. The van der Waals surface area contributed by atoms with E-state index in [-0.39, 0.29) is 60.3 Å². The minimum absolute atomic E-state index is 0. The average Bonchev–Trinajstić information content (AvgIpc) is 1.36. The van der Waals surface area contributed by atoms with Crippen LogP contribution in [0.4, 0.5) is 0 Å². The number of ether oxygens (including phenoxy) is 1. The summed E-state index contributed by atoms with van der Waals surface area (Å²) in [5.41, 5.74) is 4.16. The molecule has 412 valence electrons. The monoisotopic (exact) mass is 1320 g/mol. The van der Waals surface area contributed by atoms with Crippen LogP contribution in [-0.4, -0.2) is 22.2 Å². The largest absolute Gasteiger partial charge is 0.509 e. The van der Waals surface area contributed by atoms with E-state index >= 15 is 0 Å². The molecule has 5 nitrogen and oxygen atoms in total. The van der Waals surface area contributed by atoms with Crippen LogP contribution in [0.1, 0.15) is 73.1 Å². The van der Waals surface area contributed by atoms with Gasteiger partial charge in [0.05, 0.1) is 27.4 Å². The molecule has 0 unspecified atom stereocenters. The van der Waals surface area contributed by atoms with Gasteiger partial charge in [-0.25, -0.2) is 9.55 Å². The number of hydrogen-bond donors (Lipinski definition) is 0. The second-order valence-corrected chi connectivity index (χ2v) is 24.9. The van der Waals surface area contributed by atoms with Gasteiger partial charge < -0.3 is 9.30 Å². The van der Waals surface area contributed by atoms with Gasteiger partial charge in [0, 0.05) is 74.9 Å². The molecule has 0 spiro atoms. The summed E-state index contributed by atoms with van der Waals surface area (Å²) in [6.07, 6.45) is 2.83. The predicted octanol–water partition coefficient (Wildman–Crippen LogP) is 16.1. The first-order valence-electron chi connectivity index (χ1n) is 39.8. The van der Waals surface area contributed by atoms with Gasteiger partial charge in [0.2, 0.25) is 0 Å². The van der Waals surface area contributed by atoms with Crippen molar-refractivity contribution in [1.82, 2.24) is 14.1 Å². The van der Waals surface area contributed by atoms with Crippen molar-refractivity contribution < 1.29 is 66.0 Å². The first-order valence-corrected chi connectivity index (χ1v) is 28.8. The van der Waals surface area contributed by atoms with Crippen molar-refractivity contribution in [3.63, 3.8) is 0 Å². The number of pyridine rings is 1. The zero-order valence-electron chi connectivity index (χ0n) is 71.4. The van der Waals surface area contributed by atoms with Crippen LogP contribution in [-0.2, 0) is 26.5 Å². The second-order valence-electron chi connectivity index (χ2n) is 21.3. The normalized spacial score (nSPS) is 16.6. The van der Waals surface area contributed by atoms with Gasteiger partial charge >= 0.3 is 0 Å². The summed E-state index contributed by atoms with van der Waals surface area (Å²) in [7, 11) is -5.74. The molecule has 0 saturated heterocycles. The van der Waals surface area contributed by atoms with Gasteiger partial charge in [0.1, 0.15) is 11.5 Å². The molecule has 7 heteroatoms. The van der Waals surface area contributed by atoms with Crippen LogP contribution < -0.4 is 30.1 Å². The Morgan fingerprint density at radius 3 is 1.84 bits per heavy atom. The summed E-state index contributed by atoms with van der Waals surface area (Å²) >= 11 is 0. The molecule has 1 aliphatic heterocycles. The second kappa shape index (κ2) is 21.3. The maximum absolute atomic E-state index is 9.91. The summed E-state index contributed by atoms with van der Waals surface area (Å²) in [5, 5.41) is -0.779. The fourth-order valence-corrected chi connectivity index (χ4v) is 15.6. The molecule has 0 N–H and O–H groups in total. The molecule has 0 fully saturated rings. The molecule has 14 aromatic rings. The fourth-order valence-electron chi connectivity index (χ4n) is 11.8. The summed E-state index contributed by atoms with van der Waals surface area (Å²) in [5.74, 6) is 0.384. The van der Waals surface area contributed by atoms with Crippen LogP contribution >= 0.6 is 0 Å². The quantitative estimate of drug-likeness (QED) is 0.0625. The number of nitrogens with zero attached hydrogens (tertiary/aromatic N) is 4. The molecule has 0 bridgehead atoms. The van der Waals surface area contributed by atoms with Gasteiger partial charge in [-0.1, -0.05) is 232 Å². The molecule has 15 rings (SSSR count). The van der Waals surface area contributed by atoms with E-state index in [2.05, 4.69) is 17.1 Å². The van der Waals surface area contributed by atoms with E-state index in [9.17, 15) is 19.2 Å². The molecule has 11 aromatic carbocycles. The van der Waals surface area contributed by atoms with E-state index in [1.54, 1.807) is 94.3 Å². The van der Waals surface area contributed by atoms with Gasteiger partial charge in [-0.3, -0.25) is 0 Å². The summed E-state index contributed by atoms with van der Waals surface area (Å²) in [4.78, 5) is 4.52. The Balaban J connectivity index is 0.0000103. The molecule has 0 radical (unpaired) electrons. The predicted molar refractivity (Wildman–Crippen MR) is 348 cm³/mol. The van der Waals surface area contributed by atoms with Crippen LogP contribution in [0.3, 0.4) is 0 Å². The van der Waals surface area contributed by atoms with Crippen molar-refractivity contribution in [2.24, 2.45) is 0 Å². The van der Waals surface area contributed by atoms with Crippen LogP contribution in [0.15, 0.2) is 267 Å². The SMILES string of the molecule is [2H]c1c([2H])c([2H])c(-c2cc3c4c(c2)n(-c2[c-]c(Oc5[c-]c6c(cc5)c5ccccc5n6-c5cc(C([2H])([2H])[2H])c(C([2H])([2H])[2H])cn5)ccc2)c[n+]4-c2c(cccc2C(C)(C)C)-c2cc([Si](c4c([2H])c([2H])c([2H])c([2H])c4[2H])(c4c([2H])c([2H])c([2H])c([2H])c4[2H])c4c([2H])c([2H])c([2H])c([2H])c4[2H])ccc2-c2ccccc2-3)c([2H])c1[2H].[Pt]. The smallest absolute Gasteiger partial charge is 0.253 e. The maximum atomic E-state index is 9.91. The van der Waals surface area contributed by atoms with Crippen molar-refractivity contribution in [3.8, 4) is 73.2 Å². The first-order chi connectivity index (χ1) is 51.8. The van der Waals surface area contributed by atoms with Gasteiger partial charge in [0.15, 0.2) is 19.1 Å². The third-order valence-corrected chi connectivity index (χ3v) is 19.7. The molecule has 4 heterocycles. The van der Waals surface area contributed by atoms with Crippen molar-refractivity contribution >= 4 is 61.7 Å². The van der Waals surface area contributed by atoms with E-state index in [4.69, 9.17) is 21.2 Å². The number of hydrogen-bond acceptors (Lipinski definition) is 2. The van der Waals surface area contributed by atoms with Gasteiger partial charge in [-0.15, -0.1) is 29.7 Å². The number of aryl methyl sites for hydroxylation is 2. The Bertz CT molecular complexity index is 6100. The van der Waals surface area contributed by atoms with Crippen molar-refractivity contribution in [2.75, 3.05) is 0 Å². The molecular weight excluding hydrogens is 1230 g/mol. The molecular formula is C78H59N4OPtSi-. The molecule has 0 amide bonds. The molecule has 0 atom stereocenters. The molecule has 1 aliphatic rings.